The molecule has 1 unspecified atom stereocenters. The van der Waals surface area contributed by atoms with Gasteiger partial charge in [-0.25, -0.2) is 4.79 Å². The summed E-state index contributed by atoms with van der Waals surface area (Å²) >= 11 is 5.82. The van der Waals surface area contributed by atoms with E-state index in [4.69, 9.17) is 11.6 Å². The molecule has 0 saturated carbocycles. The summed E-state index contributed by atoms with van der Waals surface area (Å²) in [6.45, 7) is 0.702. The number of aryl methyl sites for hydroxylation is 1. The molecular formula is C18H19ClN2O. The fourth-order valence-electron chi connectivity index (χ4n) is 2.89. The van der Waals surface area contributed by atoms with Crippen molar-refractivity contribution in [3.05, 3.63) is 64.7 Å². The Balaban J connectivity index is 1.49. The zero-order valence-electron chi connectivity index (χ0n) is 12.3. The Morgan fingerprint density at radius 1 is 1.09 bits per heavy atom. The molecule has 0 fully saturated rings. The maximum absolute atomic E-state index is 11.9. The summed E-state index contributed by atoms with van der Waals surface area (Å²) in [7, 11) is 0. The number of hydrogen-bond acceptors (Lipinski definition) is 1. The molecule has 4 heteroatoms. The molecule has 2 N–H and O–H groups in total. The molecule has 1 aliphatic carbocycles. The first-order valence-electron chi connectivity index (χ1n) is 7.58. The summed E-state index contributed by atoms with van der Waals surface area (Å²) in [5, 5.41) is 6.44. The average molecular weight is 315 g/mol. The van der Waals surface area contributed by atoms with Crippen molar-refractivity contribution < 1.29 is 4.79 Å². The first kappa shape index (κ1) is 14.9. The number of urea groups is 1. The van der Waals surface area contributed by atoms with E-state index in [0.29, 0.717) is 17.5 Å². The molecule has 22 heavy (non-hydrogen) atoms. The molecule has 3 nitrogen and oxygen atoms in total. The summed E-state index contributed by atoms with van der Waals surface area (Å²) < 4.78 is 0. The molecule has 2 aromatic carbocycles. The highest BCUT2D eigenvalue weighted by molar-refractivity contribution is 6.30. The second-order valence-electron chi connectivity index (χ2n) is 5.72. The van der Waals surface area contributed by atoms with E-state index in [0.717, 1.165) is 24.9 Å². The number of nitrogens with one attached hydrogen (secondary N) is 2. The molecule has 114 valence electrons. The number of amides is 2. The first-order valence-corrected chi connectivity index (χ1v) is 7.96. The molecule has 0 aromatic heterocycles. The molecule has 0 spiro atoms. The van der Waals surface area contributed by atoms with Gasteiger partial charge < -0.3 is 10.6 Å². The largest absolute Gasteiger partial charge is 0.338 e. The Morgan fingerprint density at radius 2 is 1.82 bits per heavy atom. The molecule has 2 amide bonds. The van der Waals surface area contributed by atoms with E-state index >= 15 is 0 Å². The minimum Gasteiger partial charge on any atom is -0.338 e. The van der Waals surface area contributed by atoms with Crippen molar-refractivity contribution in [1.29, 1.82) is 0 Å². The third-order valence-electron chi connectivity index (χ3n) is 4.10. The number of carbonyl (C=O) groups excluding carboxylic acids is 1. The summed E-state index contributed by atoms with van der Waals surface area (Å²) in [6.07, 6.45) is 3.26. The molecule has 0 aliphatic heterocycles. The van der Waals surface area contributed by atoms with E-state index in [1.54, 1.807) is 24.3 Å². The third-order valence-corrected chi connectivity index (χ3v) is 4.35. The average Bonchev–Trinajstić information content (AvgIpc) is 2.55. The first-order chi connectivity index (χ1) is 10.7. The van der Waals surface area contributed by atoms with Crippen LogP contribution >= 0.6 is 11.6 Å². The van der Waals surface area contributed by atoms with E-state index in [1.807, 2.05) is 0 Å². The van der Waals surface area contributed by atoms with Crippen molar-refractivity contribution in [1.82, 2.24) is 5.32 Å². The maximum atomic E-state index is 11.9. The van der Waals surface area contributed by atoms with Gasteiger partial charge in [0.05, 0.1) is 0 Å². The van der Waals surface area contributed by atoms with Crippen LogP contribution in [0, 0.1) is 5.92 Å². The highest BCUT2D eigenvalue weighted by Gasteiger charge is 2.18. The second-order valence-corrected chi connectivity index (χ2v) is 6.16. The lowest BCUT2D eigenvalue weighted by Crippen LogP contribution is -2.34. The van der Waals surface area contributed by atoms with Crippen molar-refractivity contribution in [3.63, 3.8) is 0 Å². The molecule has 0 bridgehead atoms. The van der Waals surface area contributed by atoms with Gasteiger partial charge in [0.1, 0.15) is 0 Å². The fraction of sp³-hybridized carbons (Fsp3) is 0.278. The number of rotatable bonds is 3. The summed E-state index contributed by atoms with van der Waals surface area (Å²) in [6, 6.07) is 15.5. The Kier molecular flexibility index (Phi) is 4.64. The summed E-state index contributed by atoms with van der Waals surface area (Å²) in [4.78, 5) is 11.9. The number of anilines is 1. The van der Waals surface area contributed by atoms with Gasteiger partial charge in [-0.2, -0.15) is 0 Å². The van der Waals surface area contributed by atoms with Gasteiger partial charge in [0, 0.05) is 17.3 Å². The molecule has 0 saturated heterocycles. The monoisotopic (exact) mass is 314 g/mol. The van der Waals surface area contributed by atoms with Gasteiger partial charge >= 0.3 is 6.03 Å². The topological polar surface area (TPSA) is 41.1 Å². The summed E-state index contributed by atoms with van der Waals surface area (Å²) in [5.41, 5.74) is 3.61. The number of carbonyl (C=O) groups is 1. The van der Waals surface area contributed by atoms with Crippen LogP contribution in [0.15, 0.2) is 48.5 Å². The molecule has 1 aliphatic rings. The van der Waals surface area contributed by atoms with Crippen molar-refractivity contribution in [2.24, 2.45) is 5.92 Å². The standard InChI is InChI=1S/C18H19ClN2O/c19-16-7-9-17(10-8-16)21-18(22)20-12-13-5-6-14-3-1-2-4-15(14)11-13/h1-4,7-10,13H,5-6,11-12H2,(H2,20,21,22). The van der Waals surface area contributed by atoms with Gasteiger partial charge in [0.2, 0.25) is 0 Å². The second kappa shape index (κ2) is 6.84. The smallest absolute Gasteiger partial charge is 0.319 e. The van der Waals surface area contributed by atoms with Gasteiger partial charge in [0.15, 0.2) is 0 Å². The van der Waals surface area contributed by atoms with Crippen molar-refractivity contribution >= 4 is 23.3 Å². The lowest BCUT2D eigenvalue weighted by Gasteiger charge is -2.24. The normalized spacial score (nSPS) is 16.7. The number of fused-ring (bicyclic) bond motifs is 1. The highest BCUT2D eigenvalue weighted by atomic mass is 35.5. The van der Waals surface area contributed by atoms with Crippen molar-refractivity contribution in [2.75, 3.05) is 11.9 Å². The van der Waals surface area contributed by atoms with Crippen LogP contribution in [0.5, 0.6) is 0 Å². The van der Waals surface area contributed by atoms with E-state index < -0.39 is 0 Å². The van der Waals surface area contributed by atoms with Gasteiger partial charge in [-0.3, -0.25) is 0 Å². The van der Waals surface area contributed by atoms with Gasteiger partial charge in [0.25, 0.3) is 0 Å². The maximum Gasteiger partial charge on any atom is 0.319 e. The van der Waals surface area contributed by atoms with Gasteiger partial charge in [-0.1, -0.05) is 35.9 Å². The van der Waals surface area contributed by atoms with E-state index in [9.17, 15) is 4.79 Å². The summed E-state index contributed by atoms with van der Waals surface area (Å²) in [5.74, 6) is 0.505. The Labute approximate surface area is 135 Å². The van der Waals surface area contributed by atoms with Crippen LogP contribution in [0.2, 0.25) is 5.02 Å². The Morgan fingerprint density at radius 3 is 2.59 bits per heavy atom. The van der Waals surface area contributed by atoms with Crippen LogP contribution in [0.3, 0.4) is 0 Å². The molecule has 1 atom stereocenters. The Bertz CT molecular complexity index is 654. The number of hydrogen-bond donors (Lipinski definition) is 2. The predicted molar refractivity (Wildman–Crippen MR) is 90.4 cm³/mol. The fourth-order valence-corrected chi connectivity index (χ4v) is 3.02. The molecular weight excluding hydrogens is 296 g/mol. The van der Waals surface area contributed by atoms with E-state index in [-0.39, 0.29) is 6.03 Å². The van der Waals surface area contributed by atoms with E-state index in [2.05, 4.69) is 34.9 Å². The Hall–Kier alpha value is -2.00. The van der Waals surface area contributed by atoms with Crippen LogP contribution in [0.1, 0.15) is 17.5 Å². The van der Waals surface area contributed by atoms with Crippen LogP contribution in [0.25, 0.3) is 0 Å². The van der Waals surface area contributed by atoms with Crippen LogP contribution in [-0.2, 0) is 12.8 Å². The number of halogens is 1. The minimum atomic E-state index is -0.166. The van der Waals surface area contributed by atoms with E-state index in [1.165, 1.54) is 11.1 Å². The molecule has 0 heterocycles. The zero-order chi connectivity index (χ0) is 15.4. The van der Waals surface area contributed by atoms with Gasteiger partial charge in [-0.15, -0.1) is 0 Å². The predicted octanol–water partition coefficient (Wildman–Crippen LogP) is 4.27. The zero-order valence-corrected chi connectivity index (χ0v) is 13.1. The highest BCUT2D eigenvalue weighted by Crippen LogP contribution is 2.24. The van der Waals surface area contributed by atoms with Crippen molar-refractivity contribution in [2.45, 2.75) is 19.3 Å². The van der Waals surface area contributed by atoms with Crippen LogP contribution < -0.4 is 10.6 Å². The molecule has 0 radical (unpaired) electrons. The quantitative estimate of drug-likeness (QED) is 0.873. The lowest BCUT2D eigenvalue weighted by molar-refractivity contribution is 0.249. The number of benzene rings is 2. The SMILES string of the molecule is O=C(NCC1CCc2ccccc2C1)Nc1ccc(Cl)cc1. The van der Waals surface area contributed by atoms with Crippen LogP contribution in [-0.4, -0.2) is 12.6 Å². The third kappa shape index (κ3) is 3.80. The van der Waals surface area contributed by atoms with Crippen LogP contribution in [0.4, 0.5) is 10.5 Å². The minimum absolute atomic E-state index is 0.166. The molecule has 2 aromatic rings. The van der Waals surface area contributed by atoms with Gasteiger partial charge in [-0.05, 0) is 60.6 Å². The lowest BCUT2D eigenvalue weighted by atomic mass is 9.84. The molecule has 3 rings (SSSR count). The van der Waals surface area contributed by atoms with Crippen molar-refractivity contribution in [3.8, 4) is 0 Å².